The number of nitro benzene ring substituents is 1. The van der Waals surface area contributed by atoms with Gasteiger partial charge in [-0.3, -0.25) is 14.9 Å². The number of hydrogen-bond acceptors (Lipinski definition) is 7. The number of hydrogen-bond donors (Lipinski definition) is 3. The van der Waals surface area contributed by atoms with Gasteiger partial charge in [0.2, 0.25) is 0 Å². The van der Waals surface area contributed by atoms with Crippen LogP contribution in [0.5, 0.6) is 5.75 Å². The molecule has 0 bridgehead atoms. The molecule has 36 heavy (non-hydrogen) atoms. The molecule has 4 rings (SSSR count). The lowest BCUT2D eigenvalue weighted by atomic mass is 10.0. The summed E-state index contributed by atoms with van der Waals surface area (Å²) in [7, 11) is -2.67. The molecule has 1 aliphatic rings. The molecule has 3 N–H and O–H groups in total. The molecule has 0 saturated carbocycles. The van der Waals surface area contributed by atoms with Crippen molar-refractivity contribution in [3.05, 3.63) is 80.2 Å². The smallest absolute Gasteiger partial charge is 0.337 e. The number of nitrogens with zero attached hydrogens (tertiary/aromatic N) is 1. The fourth-order valence-corrected chi connectivity index (χ4v) is 5.54. The fourth-order valence-electron chi connectivity index (χ4n) is 4.17. The van der Waals surface area contributed by atoms with Gasteiger partial charge in [-0.25, -0.2) is 13.2 Å². The molecule has 1 aliphatic heterocycles. The first kappa shape index (κ1) is 24.7. The van der Waals surface area contributed by atoms with Gasteiger partial charge in [-0.15, -0.1) is 0 Å². The molecule has 0 saturated heterocycles. The molecular formula is C24H21N3O8S. The van der Waals surface area contributed by atoms with Crippen molar-refractivity contribution in [3.8, 4) is 5.75 Å². The molecule has 2 aromatic carbocycles. The van der Waals surface area contributed by atoms with Gasteiger partial charge < -0.3 is 20.1 Å². The number of nitro groups is 1. The van der Waals surface area contributed by atoms with Gasteiger partial charge in [-0.05, 0) is 49.8 Å². The van der Waals surface area contributed by atoms with Crippen molar-refractivity contribution in [2.24, 2.45) is 0 Å². The first-order chi connectivity index (χ1) is 16.9. The van der Waals surface area contributed by atoms with E-state index in [1.165, 1.54) is 43.5 Å². The molecule has 1 amide bonds. The molecule has 0 atom stereocenters. The van der Waals surface area contributed by atoms with Crippen molar-refractivity contribution in [1.82, 2.24) is 4.98 Å². The maximum absolute atomic E-state index is 13.3. The molecule has 3 aromatic rings. The number of ether oxygens (including phenoxy) is 1. The van der Waals surface area contributed by atoms with E-state index in [4.69, 9.17) is 4.74 Å². The van der Waals surface area contributed by atoms with Crippen LogP contribution >= 0.6 is 0 Å². The Hall–Kier alpha value is -4.45. The number of aromatic carboxylic acids is 1. The Kier molecular flexibility index (Phi) is 6.14. The third-order valence-electron chi connectivity index (χ3n) is 5.93. The zero-order valence-corrected chi connectivity index (χ0v) is 20.2. The van der Waals surface area contributed by atoms with Crippen molar-refractivity contribution in [1.29, 1.82) is 0 Å². The number of H-pyrrole nitrogens is 1. The standard InChI is InChI=1S/C24H21N3O8S/c1-12-20(25-13(2)22(12)24(29)30)10-18-17-9-16(5-6-19(17)26-23(18)28)36(33,34)11-14-8-15(27(31)32)4-7-21(14)35-3/h4-10,25H,11H2,1-3H3,(H,26,28)(H,29,30)/b18-10-. The number of benzene rings is 2. The number of nitrogens with one attached hydrogen (secondary N) is 2. The Morgan fingerprint density at radius 2 is 1.92 bits per heavy atom. The lowest BCUT2D eigenvalue weighted by molar-refractivity contribution is -0.384. The number of rotatable bonds is 7. The van der Waals surface area contributed by atoms with E-state index in [0.29, 0.717) is 28.2 Å². The maximum atomic E-state index is 13.3. The highest BCUT2D eigenvalue weighted by molar-refractivity contribution is 7.90. The first-order valence-corrected chi connectivity index (χ1v) is 12.2. The average Bonchev–Trinajstić information content (AvgIpc) is 3.27. The second-order valence-electron chi connectivity index (χ2n) is 8.20. The number of carbonyl (C=O) groups excluding carboxylic acids is 1. The molecule has 11 nitrogen and oxygen atoms in total. The van der Waals surface area contributed by atoms with E-state index in [1.807, 2.05) is 0 Å². The minimum Gasteiger partial charge on any atom is -0.496 e. The molecule has 0 radical (unpaired) electrons. The highest BCUT2D eigenvalue weighted by atomic mass is 32.2. The average molecular weight is 512 g/mol. The van der Waals surface area contributed by atoms with Crippen LogP contribution in [0.3, 0.4) is 0 Å². The van der Waals surface area contributed by atoms with E-state index in [1.54, 1.807) is 13.8 Å². The Morgan fingerprint density at radius 1 is 1.19 bits per heavy atom. The van der Waals surface area contributed by atoms with Gasteiger partial charge in [0.25, 0.3) is 11.6 Å². The van der Waals surface area contributed by atoms with Crippen molar-refractivity contribution >= 4 is 44.7 Å². The Balaban J connectivity index is 1.76. The number of methoxy groups -OCH3 is 1. The summed E-state index contributed by atoms with van der Waals surface area (Å²) in [5, 5.41) is 23.3. The first-order valence-electron chi connectivity index (χ1n) is 10.6. The number of sulfone groups is 1. The molecular weight excluding hydrogens is 490 g/mol. The van der Waals surface area contributed by atoms with Crippen molar-refractivity contribution in [2.45, 2.75) is 24.5 Å². The zero-order valence-electron chi connectivity index (χ0n) is 19.4. The molecule has 0 spiro atoms. The number of aryl methyl sites for hydroxylation is 1. The quantitative estimate of drug-likeness (QED) is 0.245. The van der Waals surface area contributed by atoms with E-state index in [9.17, 15) is 33.2 Å². The SMILES string of the molecule is COc1ccc([N+](=O)[O-])cc1CS(=O)(=O)c1ccc2c(c1)/C(=C/c1[nH]c(C)c(C(=O)O)c1C)C(=O)N2. The van der Waals surface area contributed by atoms with Gasteiger partial charge in [0.05, 0.1) is 33.8 Å². The summed E-state index contributed by atoms with van der Waals surface area (Å²) in [6.45, 7) is 3.22. The monoisotopic (exact) mass is 511 g/mol. The highest BCUT2D eigenvalue weighted by Crippen LogP contribution is 2.37. The van der Waals surface area contributed by atoms with E-state index >= 15 is 0 Å². The van der Waals surface area contributed by atoms with Gasteiger partial charge in [0.1, 0.15) is 5.75 Å². The summed E-state index contributed by atoms with van der Waals surface area (Å²) in [6.07, 6.45) is 1.48. The van der Waals surface area contributed by atoms with Crippen LogP contribution < -0.4 is 10.1 Å². The highest BCUT2D eigenvalue weighted by Gasteiger charge is 2.28. The molecule has 186 valence electrons. The second kappa shape index (κ2) is 8.96. The van der Waals surface area contributed by atoms with Crippen molar-refractivity contribution < 1.29 is 32.8 Å². The number of fused-ring (bicyclic) bond motifs is 1. The lowest BCUT2D eigenvalue weighted by Crippen LogP contribution is -2.07. The van der Waals surface area contributed by atoms with E-state index in [2.05, 4.69) is 10.3 Å². The van der Waals surface area contributed by atoms with Crippen LogP contribution in [0.2, 0.25) is 0 Å². The maximum Gasteiger partial charge on any atom is 0.337 e. The predicted molar refractivity (Wildman–Crippen MR) is 131 cm³/mol. The molecule has 1 aromatic heterocycles. The van der Waals surface area contributed by atoms with Gasteiger partial charge in [0.15, 0.2) is 9.84 Å². The summed E-state index contributed by atoms with van der Waals surface area (Å²) < 4.78 is 31.7. The number of anilines is 1. The fraction of sp³-hybridized carbons (Fsp3) is 0.167. The number of carboxylic acids is 1. The Morgan fingerprint density at radius 3 is 2.53 bits per heavy atom. The Bertz CT molecular complexity index is 1580. The normalized spacial score (nSPS) is 14.0. The number of aromatic amines is 1. The topological polar surface area (TPSA) is 169 Å². The summed E-state index contributed by atoms with van der Waals surface area (Å²) in [5.41, 5.74) is 2.12. The number of carboxylic acid groups (broad SMARTS) is 1. The van der Waals surface area contributed by atoms with Crippen LogP contribution in [0.15, 0.2) is 41.3 Å². The van der Waals surface area contributed by atoms with E-state index in [0.717, 1.165) is 6.07 Å². The predicted octanol–water partition coefficient (Wildman–Crippen LogP) is 3.71. The van der Waals surface area contributed by atoms with Crippen LogP contribution in [-0.2, 0) is 20.4 Å². The molecule has 12 heteroatoms. The van der Waals surface area contributed by atoms with Gasteiger partial charge in [0, 0.05) is 40.3 Å². The van der Waals surface area contributed by atoms with Crippen LogP contribution in [0.1, 0.15) is 38.4 Å². The molecule has 2 heterocycles. The van der Waals surface area contributed by atoms with Gasteiger partial charge in [-0.1, -0.05) is 0 Å². The molecule has 0 aliphatic carbocycles. The number of carbonyl (C=O) groups is 2. The Labute approximate surface area is 205 Å². The van der Waals surface area contributed by atoms with Crippen LogP contribution in [0.4, 0.5) is 11.4 Å². The second-order valence-corrected chi connectivity index (χ2v) is 10.2. The summed E-state index contributed by atoms with van der Waals surface area (Å²) in [6, 6.07) is 7.85. The number of amides is 1. The van der Waals surface area contributed by atoms with E-state index < -0.39 is 32.4 Å². The minimum atomic E-state index is -4.00. The van der Waals surface area contributed by atoms with Gasteiger partial charge >= 0.3 is 5.97 Å². The van der Waals surface area contributed by atoms with Crippen molar-refractivity contribution in [2.75, 3.05) is 12.4 Å². The van der Waals surface area contributed by atoms with Crippen LogP contribution in [-0.4, -0.2) is 42.4 Å². The third kappa shape index (κ3) is 4.33. The number of aromatic nitrogens is 1. The van der Waals surface area contributed by atoms with E-state index in [-0.39, 0.29) is 33.0 Å². The van der Waals surface area contributed by atoms with Crippen LogP contribution in [0.25, 0.3) is 11.6 Å². The largest absolute Gasteiger partial charge is 0.496 e. The summed E-state index contributed by atoms with van der Waals surface area (Å²) in [4.78, 5) is 37.6. The molecule has 0 unspecified atom stereocenters. The minimum absolute atomic E-state index is 0.0946. The van der Waals surface area contributed by atoms with Crippen LogP contribution in [0, 0.1) is 24.0 Å². The lowest BCUT2D eigenvalue weighted by Gasteiger charge is -2.10. The van der Waals surface area contributed by atoms with Gasteiger partial charge in [-0.2, -0.15) is 0 Å². The van der Waals surface area contributed by atoms with Crippen molar-refractivity contribution in [3.63, 3.8) is 0 Å². The third-order valence-corrected chi connectivity index (χ3v) is 7.60. The summed E-state index contributed by atoms with van der Waals surface area (Å²) >= 11 is 0. The molecule has 0 fully saturated rings. The number of non-ortho nitro benzene ring substituents is 1. The zero-order chi connectivity index (χ0) is 26.4. The summed E-state index contributed by atoms with van der Waals surface area (Å²) in [5.74, 6) is -1.95.